The quantitative estimate of drug-likeness (QED) is 0.376. The van der Waals surface area contributed by atoms with Crippen molar-refractivity contribution in [3.05, 3.63) is 25.7 Å². The van der Waals surface area contributed by atoms with E-state index in [4.69, 9.17) is 5.73 Å². The van der Waals surface area contributed by atoms with E-state index in [1.807, 2.05) is 0 Å². The van der Waals surface area contributed by atoms with Gasteiger partial charge in [0, 0.05) is 0 Å². The van der Waals surface area contributed by atoms with Crippen LogP contribution in [0.4, 0.5) is 0 Å². The summed E-state index contributed by atoms with van der Waals surface area (Å²) in [5, 5.41) is 12.3. The number of hydrogen-bond acceptors (Lipinski definition) is 6. The minimum Gasteiger partial charge on any atom is -0.388 e. The molecule has 0 spiro atoms. The highest BCUT2D eigenvalue weighted by Crippen LogP contribution is 2.34. The molecule has 0 aromatic rings. The molecule has 0 radical (unpaired) electrons. The van der Waals surface area contributed by atoms with Crippen molar-refractivity contribution in [3.63, 3.8) is 0 Å². The van der Waals surface area contributed by atoms with E-state index in [0.717, 1.165) is 11.8 Å². The third-order valence-electron chi connectivity index (χ3n) is 1.25. The highest BCUT2D eigenvalue weighted by molar-refractivity contribution is 8.03. The van der Waals surface area contributed by atoms with E-state index in [0.29, 0.717) is 0 Å². The summed E-state index contributed by atoms with van der Waals surface area (Å²) in [5.74, 6) is 0. The van der Waals surface area contributed by atoms with Gasteiger partial charge in [0.05, 0.1) is 11.3 Å². The van der Waals surface area contributed by atoms with Crippen molar-refractivity contribution in [1.82, 2.24) is 0 Å². The Balaban J connectivity index is 2.74. The smallest absolute Gasteiger partial charge is 0.278 e. The molecule has 0 aromatic carbocycles. The lowest BCUT2D eigenvalue weighted by atomic mass is 10.3. The van der Waals surface area contributed by atoms with Crippen molar-refractivity contribution in [1.29, 1.82) is 0 Å². The summed E-state index contributed by atoms with van der Waals surface area (Å²) in [7, 11) is 0. The molecule has 6 nitrogen and oxygen atoms in total. The largest absolute Gasteiger partial charge is 0.388 e. The maximum absolute atomic E-state index is 10.2. The second-order valence-electron chi connectivity index (χ2n) is 1.95. The van der Waals surface area contributed by atoms with Gasteiger partial charge in [0.15, 0.2) is 5.37 Å². The molecule has 0 aliphatic carbocycles. The molecule has 0 amide bonds. The first-order chi connectivity index (χ1) is 5.15. The Morgan fingerprint density at radius 3 is 2.73 bits per heavy atom. The molecular formula is C4H5N3O3S. The minimum absolute atomic E-state index is 0.0347. The van der Waals surface area contributed by atoms with Crippen LogP contribution in [-0.2, 0) is 0 Å². The molecule has 11 heavy (non-hydrogen) atoms. The molecular weight excluding hydrogens is 170 g/mol. The molecule has 1 aliphatic heterocycles. The van der Waals surface area contributed by atoms with E-state index in [2.05, 4.69) is 5.18 Å². The highest BCUT2D eigenvalue weighted by atomic mass is 32.2. The molecule has 7 heteroatoms. The van der Waals surface area contributed by atoms with Crippen LogP contribution in [-0.4, -0.2) is 10.3 Å². The van der Waals surface area contributed by atoms with Gasteiger partial charge in [-0.3, -0.25) is 10.1 Å². The van der Waals surface area contributed by atoms with Gasteiger partial charge in [-0.25, -0.2) is 0 Å². The number of nitro groups is 1. The van der Waals surface area contributed by atoms with Crippen molar-refractivity contribution in [2.24, 2.45) is 10.9 Å². The van der Waals surface area contributed by atoms with E-state index >= 15 is 0 Å². The van der Waals surface area contributed by atoms with E-state index in [1.165, 1.54) is 0 Å². The topological polar surface area (TPSA) is 98.6 Å². The maximum atomic E-state index is 10.2. The maximum Gasteiger partial charge on any atom is 0.278 e. The minimum atomic E-state index is -0.615. The molecule has 0 bridgehead atoms. The second-order valence-corrected chi connectivity index (χ2v) is 3.17. The highest BCUT2D eigenvalue weighted by Gasteiger charge is 2.32. The van der Waals surface area contributed by atoms with Crippen LogP contribution in [0.1, 0.15) is 6.42 Å². The zero-order valence-electron chi connectivity index (χ0n) is 5.39. The summed E-state index contributed by atoms with van der Waals surface area (Å²) in [5.41, 5.74) is 5.15. The van der Waals surface area contributed by atoms with Gasteiger partial charge in [0.25, 0.3) is 5.70 Å². The SMILES string of the molecule is NC1=C([N+](=O)[O-])CC(N=O)S1. The van der Waals surface area contributed by atoms with Crippen molar-refractivity contribution < 1.29 is 4.92 Å². The van der Waals surface area contributed by atoms with Gasteiger partial charge in [0.2, 0.25) is 0 Å². The summed E-state index contributed by atoms with van der Waals surface area (Å²) in [6.07, 6.45) is 0.0347. The van der Waals surface area contributed by atoms with Gasteiger partial charge < -0.3 is 5.73 Å². The Hall–Kier alpha value is -1.11. The summed E-state index contributed by atoms with van der Waals surface area (Å²) >= 11 is 0.939. The normalized spacial score (nSPS) is 23.8. The number of nitrogens with two attached hydrogens (primary N) is 1. The van der Waals surface area contributed by atoms with E-state index in [9.17, 15) is 15.0 Å². The molecule has 1 atom stereocenters. The fourth-order valence-electron chi connectivity index (χ4n) is 0.746. The van der Waals surface area contributed by atoms with Crippen LogP contribution in [0.25, 0.3) is 0 Å². The van der Waals surface area contributed by atoms with Crippen LogP contribution in [0, 0.1) is 15.0 Å². The molecule has 60 valence electrons. The summed E-state index contributed by atoms with van der Waals surface area (Å²) in [6, 6.07) is 0. The standard InChI is InChI=1S/C4H5N3O3S/c5-4-2(7(9)10)1-3(6-8)11-4/h3H,1,5H2. The average molecular weight is 175 g/mol. The monoisotopic (exact) mass is 175 g/mol. The molecule has 0 saturated carbocycles. The predicted molar refractivity (Wildman–Crippen MR) is 40.0 cm³/mol. The van der Waals surface area contributed by atoms with Crippen LogP contribution in [0.3, 0.4) is 0 Å². The fraction of sp³-hybridized carbons (Fsp3) is 0.500. The zero-order chi connectivity index (χ0) is 8.43. The van der Waals surface area contributed by atoms with Crippen molar-refractivity contribution in [3.8, 4) is 0 Å². The van der Waals surface area contributed by atoms with Crippen LogP contribution < -0.4 is 5.73 Å². The lowest BCUT2D eigenvalue weighted by Crippen LogP contribution is -2.02. The third-order valence-corrected chi connectivity index (χ3v) is 2.27. The van der Waals surface area contributed by atoms with Crippen LogP contribution >= 0.6 is 11.8 Å². The molecule has 2 N–H and O–H groups in total. The van der Waals surface area contributed by atoms with Gasteiger partial charge in [-0.05, 0) is 0 Å². The number of nitroso groups, excluding NO2 is 1. The number of rotatable bonds is 2. The second kappa shape index (κ2) is 2.87. The predicted octanol–water partition coefficient (Wildman–Crippen LogP) is 0.620. The Morgan fingerprint density at radius 2 is 2.45 bits per heavy atom. The van der Waals surface area contributed by atoms with Gasteiger partial charge in [-0.1, -0.05) is 16.9 Å². The summed E-state index contributed by atoms with van der Waals surface area (Å²) in [6.45, 7) is 0. The van der Waals surface area contributed by atoms with Crippen LogP contribution in [0.5, 0.6) is 0 Å². The lowest BCUT2D eigenvalue weighted by Gasteiger charge is -1.90. The van der Waals surface area contributed by atoms with Gasteiger partial charge in [-0.15, -0.1) is 4.91 Å². The molecule has 1 heterocycles. The van der Waals surface area contributed by atoms with E-state index < -0.39 is 10.3 Å². The third kappa shape index (κ3) is 1.48. The number of thioether (sulfide) groups is 1. The average Bonchev–Trinajstić information content (AvgIpc) is 2.30. The van der Waals surface area contributed by atoms with E-state index in [1.54, 1.807) is 0 Å². The molecule has 1 aliphatic rings. The first-order valence-corrected chi connectivity index (χ1v) is 3.65. The number of nitrogens with zero attached hydrogens (tertiary/aromatic N) is 2. The Morgan fingerprint density at radius 1 is 1.82 bits per heavy atom. The lowest BCUT2D eigenvalue weighted by molar-refractivity contribution is -0.428. The van der Waals surface area contributed by atoms with Crippen molar-refractivity contribution >= 4 is 11.8 Å². The zero-order valence-corrected chi connectivity index (χ0v) is 6.21. The van der Waals surface area contributed by atoms with Gasteiger partial charge in [-0.2, -0.15) is 0 Å². The van der Waals surface area contributed by atoms with Crippen LogP contribution in [0.2, 0.25) is 0 Å². The number of hydrogen-bond donors (Lipinski definition) is 1. The molecule has 0 saturated heterocycles. The van der Waals surface area contributed by atoms with Gasteiger partial charge >= 0.3 is 0 Å². The van der Waals surface area contributed by atoms with Crippen molar-refractivity contribution in [2.75, 3.05) is 0 Å². The first kappa shape index (κ1) is 7.99. The molecule has 0 fully saturated rings. The van der Waals surface area contributed by atoms with E-state index in [-0.39, 0.29) is 17.1 Å². The Kier molecular flexibility index (Phi) is 2.08. The molecule has 1 rings (SSSR count). The summed E-state index contributed by atoms with van der Waals surface area (Å²) in [4.78, 5) is 19.6. The fourth-order valence-corrected chi connectivity index (χ4v) is 1.62. The Labute approximate surface area is 65.9 Å². The molecule has 0 aromatic heterocycles. The van der Waals surface area contributed by atoms with Crippen LogP contribution in [0.15, 0.2) is 15.9 Å². The first-order valence-electron chi connectivity index (χ1n) is 2.77. The van der Waals surface area contributed by atoms with Gasteiger partial charge in [0.1, 0.15) is 5.03 Å². The van der Waals surface area contributed by atoms with Crippen molar-refractivity contribution in [2.45, 2.75) is 11.8 Å². The Bertz CT molecular complexity index is 239. The molecule has 1 unspecified atom stereocenters. The summed E-state index contributed by atoms with van der Waals surface area (Å²) < 4.78 is 0.